The molecule has 3 heterocycles. The first-order chi connectivity index (χ1) is 15.9. The average Bonchev–Trinajstić information content (AvgIpc) is 3.39. The van der Waals surface area contributed by atoms with Crippen LogP contribution in [0.4, 0.5) is 5.69 Å². The Kier molecular flexibility index (Phi) is 9.36. The molecule has 0 radical (unpaired) electrons. The molecule has 182 valence electrons. The Balaban J connectivity index is 1.42. The molecule has 1 fully saturated rings. The van der Waals surface area contributed by atoms with Crippen LogP contribution in [0.25, 0.3) is 0 Å². The number of ether oxygens (including phenoxy) is 3. The van der Waals surface area contributed by atoms with Crippen LogP contribution in [0.3, 0.4) is 0 Å². The number of nitrogens with one attached hydrogen (secondary N) is 1. The Labute approximate surface area is 198 Å². The Hall–Kier alpha value is -2.34. The van der Waals surface area contributed by atoms with Crippen molar-refractivity contribution < 1.29 is 23.8 Å². The second-order valence-electron chi connectivity index (χ2n) is 8.01. The van der Waals surface area contributed by atoms with Gasteiger partial charge in [0.15, 0.2) is 0 Å². The summed E-state index contributed by atoms with van der Waals surface area (Å²) in [4.78, 5) is 31.5. The van der Waals surface area contributed by atoms with Gasteiger partial charge in [0.2, 0.25) is 5.91 Å². The van der Waals surface area contributed by atoms with Crippen LogP contribution in [-0.4, -0.2) is 84.7 Å². The standard InChI is InChI=1S/C22H33N5O5S/c1-15-20(16(2)26(3)25-15)24-21(29)18-14-33-22(23-18)17-5-7-27(8-6-17)19(28)13-32-12-11-31-10-9-30-4/h14,17H,5-13H2,1-4H3,(H,24,29). The summed E-state index contributed by atoms with van der Waals surface area (Å²) in [5.74, 6) is 0.0111. The molecule has 0 saturated carbocycles. The zero-order valence-corrected chi connectivity index (χ0v) is 20.6. The minimum absolute atomic E-state index is 0.00763. The summed E-state index contributed by atoms with van der Waals surface area (Å²) in [5, 5.41) is 10.00. The van der Waals surface area contributed by atoms with Crippen LogP contribution in [0.2, 0.25) is 0 Å². The molecule has 0 aliphatic carbocycles. The van der Waals surface area contributed by atoms with Crippen LogP contribution in [0.1, 0.15) is 45.6 Å². The number of methoxy groups -OCH3 is 1. The first-order valence-corrected chi connectivity index (χ1v) is 12.0. The maximum Gasteiger partial charge on any atom is 0.275 e. The van der Waals surface area contributed by atoms with Crippen LogP contribution in [0.15, 0.2) is 5.38 Å². The van der Waals surface area contributed by atoms with Crippen molar-refractivity contribution >= 4 is 28.8 Å². The number of nitrogens with zero attached hydrogens (tertiary/aromatic N) is 4. The number of aryl methyl sites for hydroxylation is 2. The molecule has 3 rings (SSSR count). The number of rotatable bonds is 11. The molecular formula is C22H33N5O5S. The Bertz CT molecular complexity index is 936. The zero-order chi connectivity index (χ0) is 23.8. The van der Waals surface area contributed by atoms with E-state index >= 15 is 0 Å². The van der Waals surface area contributed by atoms with Gasteiger partial charge in [-0.1, -0.05) is 0 Å². The van der Waals surface area contributed by atoms with E-state index in [4.69, 9.17) is 14.2 Å². The predicted molar refractivity (Wildman–Crippen MR) is 125 cm³/mol. The number of likely N-dealkylation sites (tertiary alicyclic amines) is 1. The fraction of sp³-hybridized carbons (Fsp3) is 0.636. The number of amides is 2. The number of carbonyl (C=O) groups is 2. The number of thiazole rings is 1. The lowest BCUT2D eigenvalue weighted by atomic mass is 9.97. The van der Waals surface area contributed by atoms with Crippen molar-refractivity contribution in [2.75, 3.05) is 58.6 Å². The van der Waals surface area contributed by atoms with E-state index in [1.54, 1.807) is 17.2 Å². The molecule has 11 heteroatoms. The van der Waals surface area contributed by atoms with E-state index in [1.165, 1.54) is 11.3 Å². The van der Waals surface area contributed by atoms with Gasteiger partial charge in [0.25, 0.3) is 5.91 Å². The minimum Gasteiger partial charge on any atom is -0.382 e. The molecule has 0 aromatic carbocycles. The maximum atomic E-state index is 12.7. The van der Waals surface area contributed by atoms with Gasteiger partial charge in [0.05, 0.1) is 48.5 Å². The van der Waals surface area contributed by atoms with E-state index in [-0.39, 0.29) is 24.3 Å². The number of carbonyl (C=O) groups excluding carboxylic acids is 2. The molecule has 1 aliphatic heterocycles. The highest BCUT2D eigenvalue weighted by Crippen LogP contribution is 2.30. The van der Waals surface area contributed by atoms with E-state index in [0.29, 0.717) is 45.2 Å². The van der Waals surface area contributed by atoms with Gasteiger partial charge >= 0.3 is 0 Å². The highest BCUT2D eigenvalue weighted by Gasteiger charge is 2.26. The fourth-order valence-corrected chi connectivity index (χ4v) is 4.67. The lowest BCUT2D eigenvalue weighted by Crippen LogP contribution is -2.40. The van der Waals surface area contributed by atoms with Crippen molar-refractivity contribution in [3.63, 3.8) is 0 Å². The molecule has 1 N–H and O–H groups in total. The first kappa shape index (κ1) is 25.3. The topological polar surface area (TPSA) is 108 Å². The summed E-state index contributed by atoms with van der Waals surface area (Å²) in [6.07, 6.45) is 1.64. The number of hydrogen-bond donors (Lipinski definition) is 1. The van der Waals surface area contributed by atoms with Crippen LogP contribution in [-0.2, 0) is 26.1 Å². The molecule has 10 nitrogen and oxygen atoms in total. The fourth-order valence-electron chi connectivity index (χ4n) is 3.70. The highest BCUT2D eigenvalue weighted by atomic mass is 32.1. The van der Waals surface area contributed by atoms with E-state index in [2.05, 4.69) is 15.4 Å². The van der Waals surface area contributed by atoms with Gasteiger partial charge in [-0.2, -0.15) is 5.10 Å². The summed E-state index contributed by atoms with van der Waals surface area (Å²) in [6.45, 7) is 7.05. The molecule has 1 aliphatic rings. The van der Waals surface area contributed by atoms with Gasteiger partial charge < -0.3 is 24.4 Å². The number of aromatic nitrogens is 3. The van der Waals surface area contributed by atoms with Crippen molar-refractivity contribution in [3.05, 3.63) is 27.5 Å². The molecule has 2 aromatic rings. The van der Waals surface area contributed by atoms with E-state index in [9.17, 15) is 9.59 Å². The lowest BCUT2D eigenvalue weighted by molar-refractivity contribution is -0.137. The maximum absolute atomic E-state index is 12.7. The lowest BCUT2D eigenvalue weighted by Gasteiger charge is -2.31. The van der Waals surface area contributed by atoms with E-state index in [0.717, 1.165) is 34.9 Å². The van der Waals surface area contributed by atoms with Crippen molar-refractivity contribution in [1.82, 2.24) is 19.7 Å². The quantitative estimate of drug-likeness (QED) is 0.492. The number of hydrogen-bond acceptors (Lipinski definition) is 8. The number of anilines is 1. The molecule has 2 amide bonds. The second kappa shape index (κ2) is 12.2. The Morgan fingerprint density at radius 2 is 1.85 bits per heavy atom. The first-order valence-electron chi connectivity index (χ1n) is 11.1. The third-order valence-electron chi connectivity index (χ3n) is 5.73. The van der Waals surface area contributed by atoms with Crippen molar-refractivity contribution in [2.45, 2.75) is 32.6 Å². The summed E-state index contributed by atoms with van der Waals surface area (Å²) < 4.78 is 17.4. The average molecular weight is 480 g/mol. The third kappa shape index (κ3) is 6.83. The smallest absolute Gasteiger partial charge is 0.275 e. The summed E-state index contributed by atoms with van der Waals surface area (Å²) >= 11 is 1.50. The normalized spacial score (nSPS) is 14.6. The molecule has 0 bridgehead atoms. The predicted octanol–water partition coefficient (Wildman–Crippen LogP) is 2.13. The van der Waals surface area contributed by atoms with Gasteiger partial charge in [0.1, 0.15) is 12.3 Å². The minimum atomic E-state index is -0.229. The van der Waals surface area contributed by atoms with Gasteiger partial charge in [-0.3, -0.25) is 14.3 Å². The van der Waals surface area contributed by atoms with Crippen LogP contribution < -0.4 is 5.32 Å². The summed E-state index contributed by atoms with van der Waals surface area (Å²) in [7, 11) is 3.47. The van der Waals surface area contributed by atoms with Crippen molar-refractivity contribution in [1.29, 1.82) is 0 Å². The van der Waals surface area contributed by atoms with E-state index in [1.807, 2.05) is 25.8 Å². The van der Waals surface area contributed by atoms with Gasteiger partial charge in [-0.05, 0) is 26.7 Å². The monoisotopic (exact) mass is 479 g/mol. The zero-order valence-electron chi connectivity index (χ0n) is 19.8. The molecule has 33 heavy (non-hydrogen) atoms. The molecule has 0 atom stereocenters. The van der Waals surface area contributed by atoms with E-state index < -0.39 is 0 Å². The molecule has 2 aromatic heterocycles. The highest BCUT2D eigenvalue weighted by molar-refractivity contribution is 7.10. The number of piperidine rings is 1. The summed E-state index contributed by atoms with van der Waals surface area (Å²) in [6, 6.07) is 0. The Morgan fingerprint density at radius 1 is 1.15 bits per heavy atom. The SMILES string of the molecule is COCCOCCOCC(=O)N1CCC(c2nc(C(=O)Nc3c(C)nn(C)c3C)cs2)CC1. The van der Waals surface area contributed by atoms with Gasteiger partial charge in [0, 0.05) is 38.5 Å². The van der Waals surface area contributed by atoms with Gasteiger partial charge in [-0.25, -0.2) is 4.98 Å². The molecule has 0 spiro atoms. The summed E-state index contributed by atoms with van der Waals surface area (Å²) in [5.41, 5.74) is 2.82. The van der Waals surface area contributed by atoms with Crippen LogP contribution in [0.5, 0.6) is 0 Å². The van der Waals surface area contributed by atoms with Crippen molar-refractivity contribution in [2.24, 2.45) is 7.05 Å². The molecular weight excluding hydrogens is 446 g/mol. The van der Waals surface area contributed by atoms with Crippen LogP contribution >= 0.6 is 11.3 Å². The van der Waals surface area contributed by atoms with Gasteiger partial charge in [-0.15, -0.1) is 11.3 Å². The largest absolute Gasteiger partial charge is 0.382 e. The third-order valence-corrected chi connectivity index (χ3v) is 6.74. The molecule has 0 unspecified atom stereocenters. The second-order valence-corrected chi connectivity index (χ2v) is 8.90. The van der Waals surface area contributed by atoms with Crippen LogP contribution in [0, 0.1) is 13.8 Å². The molecule has 1 saturated heterocycles. The Morgan fingerprint density at radius 3 is 2.52 bits per heavy atom. The van der Waals surface area contributed by atoms with Crippen molar-refractivity contribution in [3.8, 4) is 0 Å².